The molecule has 7 nitrogen and oxygen atoms in total. The van der Waals surface area contributed by atoms with Crippen LogP contribution in [0.2, 0.25) is 0 Å². The van der Waals surface area contributed by atoms with Gasteiger partial charge in [0.05, 0.1) is 17.6 Å². The van der Waals surface area contributed by atoms with Crippen molar-refractivity contribution < 1.29 is 23.0 Å². The highest BCUT2D eigenvalue weighted by molar-refractivity contribution is 7.03. The first-order valence-electron chi connectivity index (χ1n) is 9.61. The summed E-state index contributed by atoms with van der Waals surface area (Å²) in [6, 6.07) is 9.49. The van der Waals surface area contributed by atoms with E-state index < -0.39 is 5.57 Å². The van der Waals surface area contributed by atoms with Crippen molar-refractivity contribution in [2.45, 2.75) is 18.5 Å². The van der Waals surface area contributed by atoms with Crippen LogP contribution >= 0.6 is 23.1 Å². The molecule has 0 bridgehead atoms. The van der Waals surface area contributed by atoms with Gasteiger partial charge in [-0.15, -0.1) is 8.78 Å². The molecule has 164 valence electrons. The van der Waals surface area contributed by atoms with Crippen LogP contribution in [0.3, 0.4) is 0 Å². The van der Waals surface area contributed by atoms with Crippen molar-refractivity contribution in [3.05, 3.63) is 53.5 Å². The molecule has 0 saturated heterocycles. The van der Waals surface area contributed by atoms with Gasteiger partial charge in [-0.2, -0.15) is 4.98 Å². The monoisotopic (exact) mass is 476 g/mol. The summed E-state index contributed by atoms with van der Waals surface area (Å²) in [6.07, 6.45) is 2.62. The van der Waals surface area contributed by atoms with Gasteiger partial charge in [0, 0.05) is 52.1 Å². The smallest absolute Gasteiger partial charge is 0.465 e. The number of imidazole rings is 1. The minimum absolute atomic E-state index is 0.125. The summed E-state index contributed by atoms with van der Waals surface area (Å²) in [6.45, 7) is 1.37. The zero-order valence-corrected chi connectivity index (χ0v) is 17.9. The molecule has 0 radical (unpaired) electrons. The second kappa shape index (κ2) is 8.03. The Morgan fingerprint density at radius 3 is 2.81 bits per heavy atom. The SMILES string of the molecule is O=C(Nc1ccc(OC(F)(F)Cl)cc1)c1cc(-c2cnsc2)c2c(c1)nc1n2CCCO1. The van der Waals surface area contributed by atoms with E-state index in [1.807, 2.05) is 9.95 Å². The number of nitrogens with zero attached hydrogens (tertiary/aromatic N) is 3. The Bertz CT molecular complexity index is 1290. The largest absolute Gasteiger partial charge is 0.487 e. The molecule has 5 rings (SSSR count). The predicted molar refractivity (Wildman–Crippen MR) is 117 cm³/mol. The van der Waals surface area contributed by atoms with Crippen LogP contribution < -0.4 is 14.8 Å². The quantitative estimate of drug-likeness (QED) is 0.392. The predicted octanol–water partition coefficient (Wildman–Crippen LogP) is 5.36. The number of aromatic nitrogens is 3. The molecule has 1 amide bonds. The van der Waals surface area contributed by atoms with E-state index in [2.05, 4.69) is 19.4 Å². The number of carbonyl (C=O) groups excluding carboxylic acids is 1. The molecule has 3 heterocycles. The summed E-state index contributed by atoms with van der Waals surface area (Å²) in [7, 11) is 0. The van der Waals surface area contributed by atoms with E-state index in [-0.39, 0.29) is 11.7 Å². The number of aryl methyl sites for hydroxylation is 1. The third-order valence-electron chi connectivity index (χ3n) is 4.92. The van der Waals surface area contributed by atoms with E-state index in [1.165, 1.54) is 35.8 Å². The molecule has 1 N–H and O–H groups in total. The molecule has 0 aliphatic carbocycles. The average Bonchev–Trinajstić information content (AvgIpc) is 3.41. The maximum atomic E-state index is 13.0. The van der Waals surface area contributed by atoms with Crippen LogP contribution in [-0.4, -0.2) is 32.0 Å². The lowest BCUT2D eigenvalue weighted by molar-refractivity contribution is -0.0964. The molecular formula is C21H15ClF2N4O3S. The van der Waals surface area contributed by atoms with Gasteiger partial charge in [-0.1, -0.05) is 0 Å². The van der Waals surface area contributed by atoms with Gasteiger partial charge in [0.2, 0.25) is 0 Å². The first kappa shape index (κ1) is 20.7. The van der Waals surface area contributed by atoms with Crippen LogP contribution in [-0.2, 0) is 6.54 Å². The summed E-state index contributed by atoms with van der Waals surface area (Å²) in [5, 5.41) is 4.66. The Labute approximate surface area is 189 Å². The maximum Gasteiger partial charge on any atom is 0.487 e. The molecule has 11 heteroatoms. The number of hydrogen-bond acceptors (Lipinski definition) is 6. The van der Waals surface area contributed by atoms with E-state index >= 15 is 0 Å². The van der Waals surface area contributed by atoms with Crippen molar-refractivity contribution in [1.82, 2.24) is 13.9 Å². The van der Waals surface area contributed by atoms with Crippen LogP contribution in [0.5, 0.6) is 11.8 Å². The third kappa shape index (κ3) is 4.11. The molecule has 0 atom stereocenters. The van der Waals surface area contributed by atoms with Gasteiger partial charge in [0.15, 0.2) is 0 Å². The average molecular weight is 477 g/mol. The van der Waals surface area contributed by atoms with Gasteiger partial charge in [-0.05, 0) is 54.4 Å². The highest BCUT2D eigenvalue weighted by Crippen LogP contribution is 2.35. The Morgan fingerprint density at radius 2 is 2.09 bits per heavy atom. The summed E-state index contributed by atoms with van der Waals surface area (Å²) in [5.74, 6) is -0.500. The topological polar surface area (TPSA) is 78.3 Å². The summed E-state index contributed by atoms with van der Waals surface area (Å²) in [4.78, 5) is 17.5. The number of carbonyl (C=O) groups is 1. The third-order valence-corrected chi connectivity index (χ3v) is 5.58. The first-order valence-corrected chi connectivity index (χ1v) is 10.8. The second-order valence-corrected chi connectivity index (χ2v) is 8.18. The van der Waals surface area contributed by atoms with E-state index in [1.54, 1.807) is 18.3 Å². The first-order chi connectivity index (χ1) is 15.4. The fraction of sp³-hybridized carbons (Fsp3) is 0.190. The summed E-state index contributed by atoms with van der Waals surface area (Å²) < 4.78 is 41.7. The zero-order valence-electron chi connectivity index (χ0n) is 16.3. The van der Waals surface area contributed by atoms with Crippen LogP contribution in [0.15, 0.2) is 48.0 Å². The number of halogens is 3. The Balaban J connectivity index is 1.48. The van der Waals surface area contributed by atoms with Gasteiger partial charge in [-0.3, -0.25) is 9.36 Å². The summed E-state index contributed by atoms with van der Waals surface area (Å²) >= 11 is 6.09. The molecular weight excluding hydrogens is 462 g/mol. The Kier molecular flexibility index (Phi) is 5.18. The van der Waals surface area contributed by atoms with Crippen molar-refractivity contribution in [2.24, 2.45) is 0 Å². The number of benzene rings is 2. The summed E-state index contributed by atoms with van der Waals surface area (Å²) in [5.41, 5.74) is 0.239. The van der Waals surface area contributed by atoms with Gasteiger partial charge in [0.25, 0.3) is 11.9 Å². The molecule has 2 aromatic carbocycles. The van der Waals surface area contributed by atoms with Crippen LogP contribution in [0.1, 0.15) is 16.8 Å². The van der Waals surface area contributed by atoms with Crippen LogP contribution in [0, 0.1) is 0 Å². The standard InChI is InChI=1S/C21H15ClF2N4O3S/c22-21(23,24)31-15-4-2-14(3-5-15)26-19(29)12-8-16(13-10-25-32-11-13)18-17(9-12)27-20-28(18)6-1-7-30-20/h2-5,8-11H,1,6-7H2,(H,26,29). The second-order valence-electron chi connectivity index (χ2n) is 7.08. The lowest BCUT2D eigenvalue weighted by Crippen LogP contribution is -2.16. The van der Waals surface area contributed by atoms with Crippen molar-refractivity contribution in [3.8, 4) is 22.9 Å². The molecule has 32 heavy (non-hydrogen) atoms. The number of nitrogens with one attached hydrogen (secondary N) is 1. The van der Waals surface area contributed by atoms with Crippen LogP contribution in [0.25, 0.3) is 22.2 Å². The normalized spacial score (nSPS) is 13.5. The fourth-order valence-corrected chi connectivity index (χ4v) is 4.21. The molecule has 1 aliphatic heterocycles. The highest BCUT2D eigenvalue weighted by atomic mass is 35.5. The zero-order chi connectivity index (χ0) is 22.3. The number of amides is 1. The molecule has 0 saturated carbocycles. The van der Waals surface area contributed by atoms with Gasteiger partial charge in [0.1, 0.15) is 5.75 Å². The van der Waals surface area contributed by atoms with E-state index in [0.717, 1.165) is 29.6 Å². The van der Waals surface area contributed by atoms with Crippen molar-refractivity contribution >= 4 is 45.8 Å². The lowest BCUT2D eigenvalue weighted by Gasteiger charge is -2.16. The highest BCUT2D eigenvalue weighted by Gasteiger charge is 2.27. The van der Waals surface area contributed by atoms with Gasteiger partial charge >= 0.3 is 5.57 Å². The van der Waals surface area contributed by atoms with E-state index in [4.69, 9.17) is 16.3 Å². The fourth-order valence-electron chi connectivity index (χ4n) is 3.58. The number of rotatable bonds is 5. The van der Waals surface area contributed by atoms with Crippen molar-refractivity contribution in [1.29, 1.82) is 0 Å². The maximum absolute atomic E-state index is 13.0. The number of alkyl halides is 3. The molecule has 4 aromatic rings. The van der Waals surface area contributed by atoms with Crippen LogP contribution in [0.4, 0.5) is 14.5 Å². The van der Waals surface area contributed by atoms with Crippen molar-refractivity contribution in [3.63, 3.8) is 0 Å². The molecule has 0 spiro atoms. The lowest BCUT2D eigenvalue weighted by atomic mass is 10.0. The number of ether oxygens (including phenoxy) is 2. The van der Waals surface area contributed by atoms with E-state index in [0.29, 0.717) is 29.4 Å². The van der Waals surface area contributed by atoms with Crippen molar-refractivity contribution in [2.75, 3.05) is 11.9 Å². The molecule has 2 aromatic heterocycles. The Morgan fingerprint density at radius 1 is 1.28 bits per heavy atom. The van der Waals surface area contributed by atoms with E-state index in [9.17, 15) is 13.6 Å². The molecule has 0 unspecified atom stereocenters. The number of hydrogen-bond donors (Lipinski definition) is 1. The molecule has 0 fully saturated rings. The number of anilines is 1. The number of fused-ring (bicyclic) bond motifs is 3. The minimum atomic E-state index is -3.81. The van der Waals surface area contributed by atoms with Gasteiger partial charge < -0.3 is 14.8 Å². The Hall–Kier alpha value is -3.24. The molecule has 1 aliphatic rings. The minimum Gasteiger partial charge on any atom is -0.465 e. The van der Waals surface area contributed by atoms with Gasteiger partial charge in [-0.25, -0.2) is 4.37 Å².